The zero-order chi connectivity index (χ0) is 16.0. The minimum absolute atomic E-state index is 0.143. The number of carbonyl (C=O) groups is 2. The highest BCUT2D eigenvalue weighted by molar-refractivity contribution is 5.92. The second-order valence-electron chi connectivity index (χ2n) is 5.76. The highest BCUT2D eigenvalue weighted by atomic mass is 16.4. The van der Waals surface area contributed by atoms with E-state index in [9.17, 15) is 9.59 Å². The van der Waals surface area contributed by atoms with E-state index in [2.05, 4.69) is 19.2 Å². The second-order valence-corrected chi connectivity index (χ2v) is 5.76. The fraction of sp³-hybridized carbons (Fsp3) is 0.500. The summed E-state index contributed by atoms with van der Waals surface area (Å²) in [5.41, 5.74) is 1.94. The maximum atomic E-state index is 12.0. The first-order valence-corrected chi connectivity index (χ1v) is 7.10. The molecule has 0 spiro atoms. The number of aliphatic carboxylic acids is 1. The first-order valence-electron chi connectivity index (χ1n) is 7.10. The first kappa shape index (κ1) is 17.2. The van der Waals surface area contributed by atoms with Crippen LogP contribution in [0.3, 0.4) is 0 Å². The maximum Gasteiger partial charge on any atom is 0.307 e. The van der Waals surface area contributed by atoms with Crippen LogP contribution in [0.4, 0.5) is 5.69 Å². The lowest BCUT2D eigenvalue weighted by atomic mass is 10.0. The summed E-state index contributed by atoms with van der Waals surface area (Å²) in [6.07, 6.45) is 0. The number of hydrogen-bond donors (Lipinski definition) is 2. The molecule has 5 nitrogen and oxygen atoms in total. The van der Waals surface area contributed by atoms with E-state index >= 15 is 0 Å². The Morgan fingerprint density at radius 3 is 2.52 bits per heavy atom. The lowest BCUT2D eigenvalue weighted by Crippen LogP contribution is -2.35. The molecule has 0 aliphatic carbocycles. The largest absolute Gasteiger partial charge is 0.481 e. The predicted octanol–water partition coefficient (Wildman–Crippen LogP) is 2.40. The zero-order valence-electron chi connectivity index (χ0n) is 13.1. The molecule has 0 radical (unpaired) electrons. The molecule has 0 bridgehead atoms. The highest BCUT2D eigenvalue weighted by Gasteiger charge is 2.15. The molecule has 21 heavy (non-hydrogen) atoms. The van der Waals surface area contributed by atoms with Gasteiger partial charge in [-0.2, -0.15) is 0 Å². The first-order chi connectivity index (χ1) is 9.79. The van der Waals surface area contributed by atoms with Crippen molar-refractivity contribution in [1.29, 1.82) is 0 Å². The van der Waals surface area contributed by atoms with Gasteiger partial charge in [-0.15, -0.1) is 0 Å². The highest BCUT2D eigenvalue weighted by Crippen LogP contribution is 2.18. The van der Waals surface area contributed by atoms with Crippen molar-refractivity contribution in [2.24, 2.45) is 5.92 Å². The molecule has 0 aliphatic rings. The van der Waals surface area contributed by atoms with Crippen LogP contribution in [0.1, 0.15) is 32.3 Å². The topological polar surface area (TPSA) is 69.6 Å². The summed E-state index contributed by atoms with van der Waals surface area (Å²) in [5, 5.41) is 11.7. The molecular weight excluding hydrogens is 268 g/mol. The monoisotopic (exact) mass is 292 g/mol. The number of likely N-dealkylation sites (N-methyl/N-ethyl adjacent to an activating group) is 1. The maximum absolute atomic E-state index is 12.0. The van der Waals surface area contributed by atoms with Gasteiger partial charge in [0.25, 0.3) is 0 Å². The van der Waals surface area contributed by atoms with Gasteiger partial charge in [0.05, 0.1) is 12.5 Å². The Kier molecular flexibility index (Phi) is 6.37. The number of nitrogens with zero attached hydrogens (tertiary/aromatic N) is 1. The molecule has 1 atom stereocenters. The summed E-state index contributed by atoms with van der Waals surface area (Å²) in [7, 11) is 1.74. The Morgan fingerprint density at radius 1 is 1.29 bits per heavy atom. The number of hydrogen-bond acceptors (Lipinski definition) is 3. The van der Waals surface area contributed by atoms with Gasteiger partial charge in [0, 0.05) is 12.2 Å². The lowest BCUT2D eigenvalue weighted by Gasteiger charge is -2.18. The summed E-state index contributed by atoms with van der Waals surface area (Å²) in [5.74, 6) is -1.09. The van der Waals surface area contributed by atoms with Crippen molar-refractivity contribution in [2.45, 2.75) is 26.7 Å². The van der Waals surface area contributed by atoms with E-state index in [1.165, 1.54) is 5.56 Å². The Labute approximate surface area is 126 Å². The number of amides is 1. The normalized spacial score (nSPS) is 12.5. The van der Waals surface area contributed by atoms with Crippen LogP contribution >= 0.6 is 0 Å². The summed E-state index contributed by atoms with van der Waals surface area (Å²) in [4.78, 5) is 24.4. The summed E-state index contributed by atoms with van der Waals surface area (Å²) in [6.45, 7) is 6.34. The van der Waals surface area contributed by atoms with E-state index < -0.39 is 11.9 Å². The van der Waals surface area contributed by atoms with E-state index in [1.54, 1.807) is 18.9 Å². The molecule has 0 aromatic heterocycles. The Hall–Kier alpha value is -1.88. The zero-order valence-corrected chi connectivity index (χ0v) is 13.1. The number of rotatable bonds is 7. The third kappa shape index (κ3) is 5.95. The fourth-order valence-electron chi connectivity index (χ4n) is 2.03. The van der Waals surface area contributed by atoms with Crippen LogP contribution in [0.5, 0.6) is 0 Å². The summed E-state index contributed by atoms with van der Waals surface area (Å²) in [6, 6.07) is 7.76. The molecule has 2 N–H and O–H groups in total. The van der Waals surface area contributed by atoms with Crippen LogP contribution in [0, 0.1) is 5.92 Å². The third-order valence-electron chi connectivity index (χ3n) is 3.26. The van der Waals surface area contributed by atoms with E-state index in [0.29, 0.717) is 12.5 Å². The number of nitrogens with one attached hydrogen (secondary N) is 1. The van der Waals surface area contributed by atoms with Gasteiger partial charge in [-0.3, -0.25) is 14.5 Å². The van der Waals surface area contributed by atoms with Crippen molar-refractivity contribution in [1.82, 2.24) is 4.90 Å². The van der Waals surface area contributed by atoms with Crippen molar-refractivity contribution in [3.63, 3.8) is 0 Å². The Bertz CT molecular complexity index is 500. The van der Waals surface area contributed by atoms with Gasteiger partial charge in [-0.25, -0.2) is 0 Å². The third-order valence-corrected chi connectivity index (χ3v) is 3.26. The Balaban J connectivity index is 2.53. The molecule has 116 valence electrons. The van der Waals surface area contributed by atoms with Gasteiger partial charge in [-0.05, 0) is 30.7 Å². The van der Waals surface area contributed by atoms with Crippen molar-refractivity contribution in [2.75, 3.05) is 25.5 Å². The summed E-state index contributed by atoms with van der Waals surface area (Å²) >= 11 is 0. The van der Waals surface area contributed by atoms with Gasteiger partial charge < -0.3 is 10.4 Å². The second kappa shape index (κ2) is 7.78. The molecule has 0 fully saturated rings. The number of benzene rings is 1. The average molecular weight is 292 g/mol. The average Bonchev–Trinajstić information content (AvgIpc) is 2.38. The number of anilines is 1. The van der Waals surface area contributed by atoms with E-state index in [1.807, 2.05) is 24.3 Å². The van der Waals surface area contributed by atoms with Crippen molar-refractivity contribution < 1.29 is 14.7 Å². The van der Waals surface area contributed by atoms with Crippen LogP contribution in [0.25, 0.3) is 0 Å². The number of carboxylic acid groups (broad SMARTS) is 1. The number of carboxylic acids is 1. The molecule has 1 aromatic carbocycles. The van der Waals surface area contributed by atoms with Gasteiger partial charge >= 0.3 is 5.97 Å². The molecule has 1 rings (SSSR count). The molecule has 5 heteroatoms. The van der Waals surface area contributed by atoms with Gasteiger partial charge in [-0.1, -0.05) is 32.9 Å². The molecule has 0 saturated heterocycles. The van der Waals surface area contributed by atoms with Crippen molar-refractivity contribution in [3.8, 4) is 0 Å². The number of carbonyl (C=O) groups excluding carboxylic acids is 1. The molecule has 1 amide bonds. The molecule has 0 saturated carbocycles. The van der Waals surface area contributed by atoms with Crippen LogP contribution < -0.4 is 5.32 Å². The van der Waals surface area contributed by atoms with E-state index in [-0.39, 0.29) is 12.5 Å². The van der Waals surface area contributed by atoms with Gasteiger partial charge in [0.15, 0.2) is 0 Å². The van der Waals surface area contributed by atoms with Crippen molar-refractivity contribution >= 4 is 17.6 Å². The fourth-order valence-corrected chi connectivity index (χ4v) is 2.03. The molecular formula is C16H24N2O3. The van der Waals surface area contributed by atoms with Gasteiger partial charge in [0.1, 0.15) is 0 Å². The van der Waals surface area contributed by atoms with Gasteiger partial charge in [0.2, 0.25) is 5.91 Å². The SMILES string of the molecule is CC(CN(C)CC(=O)Nc1cccc(C(C)C)c1)C(=O)O. The van der Waals surface area contributed by atoms with E-state index in [4.69, 9.17) is 5.11 Å². The quantitative estimate of drug-likeness (QED) is 0.809. The Morgan fingerprint density at radius 2 is 1.95 bits per heavy atom. The van der Waals surface area contributed by atoms with Crippen LogP contribution in [-0.4, -0.2) is 42.0 Å². The lowest BCUT2D eigenvalue weighted by molar-refractivity contribution is -0.141. The standard InChI is InChI=1S/C16H24N2O3/c1-11(2)13-6-5-7-14(8-13)17-15(19)10-18(4)9-12(3)16(20)21/h5-8,11-12H,9-10H2,1-4H3,(H,17,19)(H,20,21). The van der Waals surface area contributed by atoms with E-state index in [0.717, 1.165) is 5.69 Å². The smallest absolute Gasteiger partial charge is 0.307 e. The van der Waals surface area contributed by atoms with Crippen molar-refractivity contribution in [3.05, 3.63) is 29.8 Å². The van der Waals surface area contributed by atoms with Crippen LogP contribution in [0.2, 0.25) is 0 Å². The molecule has 1 aromatic rings. The molecule has 0 aliphatic heterocycles. The van der Waals surface area contributed by atoms with Crippen LogP contribution in [-0.2, 0) is 9.59 Å². The molecule has 1 unspecified atom stereocenters. The minimum Gasteiger partial charge on any atom is -0.481 e. The molecule has 0 heterocycles. The van der Waals surface area contributed by atoms with Crippen LogP contribution in [0.15, 0.2) is 24.3 Å². The minimum atomic E-state index is -0.855. The summed E-state index contributed by atoms with van der Waals surface area (Å²) < 4.78 is 0. The predicted molar refractivity (Wildman–Crippen MR) is 83.5 cm³/mol.